The molecule has 2 aromatic rings. The molecule has 0 aliphatic rings. The molecule has 0 saturated heterocycles. The van der Waals surface area contributed by atoms with Crippen LogP contribution in [0.15, 0.2) is 46.9 Å². The zero-order valence-electron chi connectivity index (χ0n) is 15.2. The Hall–Kier alpha value is -2.34. The molecule has 138 valence electrons. The molecule has 0 fully saturated rings. The summed E-state index contributed by atoms with van der Waals surface area (Å²) in [4.78, 5) is 25.8. The fourth-order valence-electron chi connectivity index (χ4n) is 2.37. The van der Waals surface area contributed by atoms with Crippen LogP contribution in [0.5, 0.6) is 5.75 Å². The number of hydrogen-bond acceptors (Lipinski definition) is 3. The Morgan fingerprint density at radius 2 is 1.92 bits per heavy atom. The largest absolute Gasteiger partial charge is 0.493 e. The molecule has 26 heavy (non-hydrogen) atoms. The van der Waals surface area contributed by atoms with Gasteiger partial charge in [0.25, 0.3) is 0 Å². The molecular weight excluding hydrogens is 396 g/mol. The molecule has 6 heteroatoms. The molecule has 0 aliphatic carbocycles. The molecule has 0 aromatic heterocycles. The number of carbonyl (C=O) groups excluding carboxylic acids is 2. The van der Waals surface area contributed by atoms with Crippen molar-refractivity contribution in [1.29, 1.82) is 0 Å². The van der Waals surface area contributed by atoms with Crippen LogP contribution in [0.3, 0.4) is 0 Å². The van der Waals surface area contributed by atoms with Crippen LogP contribution in [0, 0.1) is 13.8 Å². The quantitative estimate of drug-likeness (QED) is 0.740. The normalized spacial score (nSPS) is 10.3. The highest BCUT2D eigenvalue weighted by Gasteiger charge is 2.14. The first kappa shape index (κ1) is 20.0. The van der Waals surface area contributed by atoms with Gasteiger partial charge in [-0.3, -0.25) is 9.59 Å². The summed E-state index contributed by atoms with van der Waals surface area (Å²) >= 11 is 3.37. The van der Waals surface area contributed by atoms with Gasteiger partial charge in [-0.15, -0.1) is 0 Å². The van der Waals surface area contributed by atoms with Gasteiger partial charge in [-0.2, -0.15) is 0 Å². The molecule has 2 aromatic carbocycles. The summed E-state index contributed by atoms with van der Waals surface area (Å²) in [5, 5.41) is 2.86. The van der Waals surface area contributed by atoms with E-state index in [9.17, 15) is 9.59 Å². The van der Waals surface area contributed by atoms with Crippen LogP contribution in [0.4, 0.5) is 5.69 Å². The smallest absolute Gasteiger partial charge is 0.243 e. The summed E-state index contributed by atoms with van der Waals surface area (Å²) in [5.41, 5.74) is 2.83. The van der Waals surface area contributed by atoms with Gasteiger partial charge in [0.05, 0.1) is 19.6 Å². The number of carbonyl (C=O) groups is 2. The van der Waals surface area contributed by atoms with E-state index in [1.165, 1.54) is 4.90 Å². The predicted molar refractivity (Wildman–Crippen MR) is 106 cm³/mol. The van der Waals surface area contributed by atoms with Gasteiger partial charge in [-0.25, -0.2) is 0 Å². The summed E-state index contributed by atoms with van der Waals surface area (Å²) in [6.45, 7) is 4.17. The van der Waals surface area contributed by atoms with Crippen LogP contribution in [0.1, 0.15) is 17.5 Å². The van der Waals surface area contributed by atoms with E-state index in [0.717, 1.165) is 21.3 Å². The van der Waals surface area contributed by atoms with Crippen molar-refractivity contribution in [3.05, 3.63) is 58.1 Å². The summed E-state index contributed by atoms with van der Waals surface area (Å²) < 4.78 is 6.48. The van der Waals surface area contributed by atoms with Crippen LogP contribution >= 0.6 is 15.9 Å². The molecule has 2 amide bonds. The number of rotatable bonds is 7. The first-order valence-electron chi connectivity index (χ1n) is 8.34. The number of anilines is 1. The number of ether oxygens (including phenoxy) is 1. The van der Waals surface area contributed by atoms with E-state index in [1.807, 2.05) is 56.3 Å². The van der Waals surface area contributed by atoms with Crippen LogP contribution in [-0.4, -0.2) is 36.9 Å². The molecule has 0 unspecified atom stereocenters. The number of hydrogen-bond donors (Lipinski definition) is 1. The SMILES string of the molecule is Cc1ccc(C)c(NC(=O)CN(C)C(=O)CCOc2cccc(Br)c2)c1. The van der Waals surface area contributed by atoms with E-state index < -0.39 is 0 Å². The molecule has 0 radical (unpaired) electrons. The molecule has 0 saturated carbocycles. The summed E-state index contributed by atoms with van der Waals surface area (Å²) in [5.74, 6) is 0.334. The maximum absolute atomic E-state index is 12.2. The zero-order valence-corrected chi connectivity index (χ0v) is 16.8. The van der Waals surface area contributed by atoms with Crippen molar-refractivity contribution in [2.24, 2.45) is 0 Å². The van der Waals surface area contributed by atoms with E-state index in [4.69, 9.17) is 4.74 Å². The highest BCUT2D eigenvalue weighted by molar-refractivity contribution is 9.10. The minimum absolute atomic E-state index is 0.00308. The van der Waals surface area contributed by atoms with Crippen LogP contribution in [0.25, 0.3) is 0 Å². The molecule has 0 spiro atoms. The highest BCUT2D eigenvalue weighted by atomic mass is 79.9. The fraction of sp³-hybridized carbons (Fsp3) is 0.300. The standard InChI is InChI=1S/C20H23BrN2O3/c1-14-7-8-15(2)18(11-14)22-19(24)13-23(3)20(25)9-10-26-17-6-4-5-16(21)12-17/h4-8,11-12H,9-10,13H2,1-3H3,(H,22,24). The number of nitrogens with zero attached hydrogens (tertiary/aromatic N) is 1. The maximum atomic E-state index is 12.2. The predicted octanol–water partition coefficient (Wildman–Crippen LogP) is 3.93. The van der Waals surface area contributed by atoms with Crippen molar-refractivity contribution >= 4 is 33.4 Å². The second-order valence-corrected chi connectivity index (χ2v) is 7.09. The number of likely N-dealkylation sites (N-methyl/N-ethyl adjacent to an activating group) is 1. The fourth-order valence-corrected chi connectivity index (χ4v) is 2.75. The van der Waals surface area contributed by atoms with Crippen LogP contribution < -0.4 is 10.1 Å². The lowest BCUT2D eigenvalue weighted by Gasteiger charge is -2.18. The number of aryl methyl sites for hydroxylation is 2. The summed E-state index contributed by atoms with van der Waals surface area (Å²) in [6.07, 6.45) is 0.208. The van der Waals surface area contributed by atoms with Gasteiger partial charge in [0.1, 0.15) is 5.75 Å². The van der Waals surface area contributed by atoms with Crippen molar-refractivity contribution < 1.29 is 14.3 Å². The second-order valence-electron chi connectivity index (χ2n) is 6.17. The zero-order chi connectivity index (χ0) is 19.1. The van der Waals surface area contributed by atoms with Crippen molar-refractivity contribution in [3.63, 3.8) is 0 Å². The van der Waals surface area contributed by atoms with E-state index >= 15 is 0 Å². The number of nitrogens with one attached hydrogen (secondary N) is 1. The van der Waals surface area contributed by atoms with Gasteiger partial charge >= 0.3 is 0 Å². The Morgan fingerprint density at radius 3 is 2.65 bits per heavy atom. The van der Waals surface area contributed by atoms with Crippen molar-refractivity contribution in [3.8, 4) is 5.75 Å². The van der Waals surface area contributed by atoms with Crippen molar-refractivity contribution in [1.82, 2.24) is 4.90 Å². The van der Waals surface area contributed by atoms with Gasteiger partial charge in [-0.1, -0.05) is 34.1 Å². The van der Waals surface area contributed by atoms with Crippen LogP contribution in [-0.2, 0) is 9.59 Å². The van der Waals surface area contributed by atoms with Gasteiger partial charge < -0.3 is 15.0 Å². The Morgan fingerprint density at radius 1 is 1.15 bits per heavy atom. The minimum Gasteiger partial charge on any atom is -0.493 e. The number of amides is 2. The molecule has 5 nitrogen and oxygen atoms in total. The monoisotopic (exact) mass is 418 g/mol. The number of halogens is 1. The van der Waals surface area contributed by atoms with Gasteiger partial charge in [0.15, 0.2) is 0 Å². The third kappa shape index (κ3) is 6.19. The lowest BCUT2D eigenvalue weighted by Crippen LogP contribution is -2.35. The highest BCUT2D eigenvalue weighted by Crippen LogP contribution is 2.18. The maximum Gasteiger partial charge on any atom is 0.243 e. The first-order chi connectivity index (χ1) is 12.3. The summed E-state index contributed by atoms with van der Waals surface area (Å²) in [6, 6.07) is 13.3. The van der Waals surface area contributed by atoms with Crippen LogP contribution in [0.2, 0.25) is 0 Å². The Kier molecular flexibility index (Phi) is 7.21. The molecular formula is C20H23BrN2O3. The lowest BCUT2D eigenvalue weighted by atomic mass is 10.1. The average Bonchev–Trinajstić information content (AvgIpc) is 2.58. The van der Waals surface area contributed by atoms with E-state index in [1.54, 1.807) is 7.05 Å². The van der Waals surface area contributed by atoms with Crippen molar-refractivity contribution in [2.45, 2.75) is 20.3 Å². The first-order valence-corrected chi connectivity index (χ1v) is 9.14. The Labute approximate surface area is 162 Å². The van der Waals surface area contributed by atoms with Gasteiger partial charge in [0.2, 0.25) is 11.8 Å². The van der Waals surface area contributed by atoms with E-state index in [0.29, 0.717) is 5.75 Å². The van der Waals surface area contributed by atoms with Gasteiger partial charge in [0, 0.05) is 17.2 Å². The lowest BCUT2D eigenvalue weighted by molar-refractivity contribution is -0.133. The van der Waals surface area contributed by atoms with Crippen molar-refractivity contribution in [2.75, 3.05) is 25.5 Å². The molecule has 0 heterocycles. The molecule has 1 N–H and O–H groups in total. The second kappa shape index (κ2) is 9.38. The third-order valence-electron chi connectivity index (χ3n) is 3.85. The minimum atomic E-state index is -0.220. The molecule has 0 aliphatic heterocycles. The van der Waals surface area contributed by atoms with E-state index in [-0.39, 0.29) is 31.4 Å². The number of benzene rings is 2. The molecule has 0 bridgehead atoms. The Balaban J connectivity index is 1.78. The molecule has 0 atom stereocenters. The average molecular weight is 419 g/mol. The Bertz CT molecular complexity index is 792. The third-order valence-corrected chi connectivity index (χ3v) is 4.35. The summed E-state index contributed by atoms with van der Waals surface area (Å²) in [7, 11) is 1.62. The van der Waals surface area contributed by atoms with E-state index in [2.05, 4.69) is 21.2 Å². The van der Waals surface area contributed by atoms with Gasteiger partial charge in [-0.05, 0) is 49.2 Å². The molecule has 2 rings (SSSR count). The topological polar surface area (TPSA) is 58.6 Å².